The monoisotopic (exact) mass is 353 g/mol. The molecule has 132 valence electrons. The number of nitrogens with zero attached hydrogens (tertiary/aromatic N) is 2. The molecule has 0 aliphatic heterocycles. The average molecular weight is 353 g/mol. The van der Waals surface area contributed by atoms with Crippen molar-refractivity contribution in [1.82, 2.24) is 0 Å². The number of anilines is 1. The number of hydrogen-bond donors (Lipinski definition) is 1. The van der Waals surface area contributed by atoms with Gasteiger partial charge in [0.1, 0.15) is 5.69 Å². The standard InChI is InChI=1S/C18H15N3O5/c1-25-17-8-11(10-19)2-7-16(17)26-18(22)12-3-6-14(20-13-4-5-13)15(9-12)21(23)24/h2-3,6-9,13,20H,4-5H2,1H3. The summed E-state index contributed by atoms with van der Waals surface area (Å²) < 4.78 is 10.4. The van der Waals surface area contributed by atoms with Gasteiger partial charge in [0.2, 0.25) is 0 Å². The number of carbonyl (C=O) groups is 1. The van der Waals surface area contributed by atoms with E-state index in [2.05, 4.69) is 5.32 Å². The first-order valence-corrected chi connectivity index (χ1v) is 7.87. The van der Waals surface area contributed by atoms with E-state index in [1.165, 1.54) is 43.5 Å². The zero-order valence-corrected chi connectivity index (χ0v) is 13.9. The van der Waals surface area contributed by atoms with Gasteiger partial charge in [0.25, 0.3) is 5.69 Å². The van der Waals surface area contributed by atoms with Gasteiger partial charge >= 0.3 is 5.97 Å². The second-order valence-electron chi connectivity index (χ2n) is 5.77. The number of nitrogens with one attached hydrogen (secondary N) is 1. The van der Waals surface area contributed by atoms with Crippen molar-refractivity contribution in [3.63, 3.8) is 0 Å². The van der Waals surface area contributed by atoms with Crippen LogP contribution in [-0.2, 0) is 0 Å². The van der Waals surface area contributed by atoms with E-state index in [4.69, 9.17) is 14.7 Å². The number of nitro groups is 1. The molecule has 0 amide bonds. The summed E-state index contributed by atoms with van der Waals surface area (Å²) in [4.78, 5) is 23.1. The Labute approximate surface area is 149 Å². The fourth-order valence-corrected chi connectivity index (χ4v) is 2.36. The quantitative estimate of drug-likeness (QED) is 0.367. The molecular weight excluding hydrogens is 338 g/mol. The van der Waals surface area contributed by atoms with E-state index in [1.54, 1.807) is 0 Å². The molecule has 3 rings (SSSR count). The molecule has 1 aliphatic rings. The molecule has 8 heteroatoms. The Morgan fingerprint density at radius 2 is 2.04 bits per heavy atom. The van der Waals surface area contributed by atoms with Crippen LogP contribution in [0.15, 0.2) is 36.4 Å². The topological polar surface area (TPSA) is 114 Å². The van der Waals surface area contributed by atoms with Crippen LogP contribution < -0.4 is 14.8 Å². The van der Waals surface area contributed by atoms with Crippen LogP contribution in [0.5, 0.6) is 11.5 Å². The Morgan fingerprint density at radius 1 is 1.27 bits per heavy atom. The van der Waals surface area contributed by atoms with Gasteiger partial charge in [-0.15, -0.1) is 0 Å². The molecule has 0 spiro atoms. The predicted molar refractivity (Wildman–Crippen MR) is 92.4 cm³/mol. The lowest BCUT2D eigenvalue weighted by molar-refractivity contribution is -0.384. The molecule has 1 aliphatic carbocycles. The lowest BCUT2D eigenvalue weighted by Crippen LogP contribution is -2.11. The molecular formula is C18H15N3O5. The normalized spacial score (nSPS) is 12.8. The number of nitriles is 1. The smallest absolute Gasteiger partial charge is 0.343 e. The molecule has 0 bridgehead atoms. The van der Waals surface area contributed by atoms with Crippen LogP contribution in [0.4, 0.5) is 11.4 Å². The predicted octanol–water partition coefficient (Wildman–Crippen LogP) is 3.27. The minimum Gasteiger partial charge on any atom is -0.493 e. The third-order valence-electron chi connectivity index (χ3n) is 3.86. The van der Waals surface area contributed by atoms with Crippen molar-refractivity contribution >= 4 is 17.3 Å². The summed E-state index contributed by atoms with van der Waals surface area (Å²) in [5.74, 6) is -0.410. The minimum absolute atomic E-state index is 0.0458. The van der Waals surface area contributed by atoms with Crippen molar-refractivity contribution in [2.24, 2.45) is 0 Å². The zero-order chi connectivity index (χ0) is 18.7. The number of carbonyl (C=O) groups excluding carboxylic acids is 1. The molecule has 0 aromatic heterocycles. The van der Waals surface area contributed by atoms with Gasteiger partial charge in [-0.25, -0.2) is 4.79 Å². The van der Waals surface area contributed by atoms with Crippen molar-refractivity contribution in [2.45, 2.75) is 18.9 Å². The first kappa shape index (κ1) is 17.2. The van der Waals surface area contributed by atoms with Crippen molar-refractivity contribution in [3.05, 3.63) is 57.6 Å². The van der Waals surface area contributed by atoms with Crippen molar-refractivity contribution in [1.29, 1.82) is 5.26 Å². The molecule has 1 fully saturated rings. The van der Waals surface area contributed by atoms with Crippen LogP contribution in [0.3, 0.4) is 0 Å². The van der Waals surface area contributed by atoms with E-state index in [0.717, 1.165) is 12.8 Å². The summed E-state index contributed by atoms with van der Waals surface area (Å²) in [7, 11) is 1.39. The van der Waals surface area contributed by atoms with Crippen LogP contribution in [0.25, 0.3) is 0 Å². The summed E-state index contributed by atoms with van der Waals surface area (Å²) in [6, 6.07) is 10.7. The number of hydrogen-bond acceptors (Lipinski definition) is 7. The lowest BCUT2D eigenvalue weighted by atomic mass is 10.1. The van der Waals surface area contributed by atoms with Crippen LogP contribution in [0, 0.1) is 21.4 Å². The van der Waals surface area contributed by atoms with Crippen LogP contribution in [0.1, 0.15) is 28.8 Å². The van der Waals surface area contributed by atoms with Gasteiger partial charge in [-0.3, -0.25) is 10.1 Å². The van der Waals surface area contributed by atoms with E-state index >= 15 is 0 Å². The van der Waals surface area contributed by atoms with Crippen LogP contribution in [-0.4, -0.2) is 24.0 Å². The Balaban J connectivity index is 1.85. The van der Waals surface area contributed by atoms with E-state index in [-0.39, 0.29) is 28.8 Å². The van der Waals surface area contributed by atoms with E-state index in [1.807, 2.05) is 6.07 Å². The Bertz CT molecular complexity index is 916. The number of methoxy groups -OCH3 is 1. The number of nitro benzene ring substituents is 1. The molecule has 0 atom stereocenters. The van der Waals surface area contributed by atoms with Crippen molar-refractivity contribution in [2.75, 3.05) is 12.4 Å². The summed E-state index contributed by atoms with van der Waals surface area (Å²) >= 11 is 0. The third kappa shape index (κ3) is 3.72. The van der Waals surface area contributed by atoms with Gasteiger partial charge < -0.3 is 14.8 Å². The van der Waals surface area contributed by atoms with Gasteiger partial charge in [0.15, 0.2) is 11.5 Å². The summed E-state index contributed by atoms with van der Waals surface area (Å²) in [6.45, 7) is 0. The second kappa shape index (κ2) is 7.11. The third-order valence-corrected chi connectivity index (χ3v) is 3.86. The maximum Gasteiger partial charge on any atom is 0.343 e. The number of ether oxygens (including phenoxy) is 2. The SMILES string of the molecule is COc1cc(C#N)ccc1OC(=O)c1ccc(NC2CC2)c([N+](=O)[O-])c1. The molecule has 1 saturated carbocycles. The van der Waals surface area contributed by atoms with Gasteiger partial charge in [0.05, 0.1) is 29.2 Å². The first-order valence-electron chi connectivity index (χ1n) is 7.87. The van der Waals surface area contributed by atoms with Gasteiger partial charge in [0, 0.05) is 18.2 Å². The Hall–Kier alpha value is -3.60. The maximum atomic E-state index is 12.4. The summed E-state index contributed by atoms with van der Waals surface area (Å²) in [5, 5.41) is 23.3. The summed E-state index contributed by atoms with van der Waals surface area (Å²) in [5.41, 5.74) is 0.598. The van der Waals surface area contributed by atoms with Crippen molar-refractivity contribution < 1.29 is 19.2 Å². The number of esters is 1. The Morgan fingerprint density at radius 3 is 2.65 bits per heavy atom. The average Bonchev–Trinajstić information content (AvgIpc) is 3.46. The van der Waals surface area contributed by atoms with Crippen molar-refractivity contribution in [3.8, 4) is 17.6 Å². The highest BCUT2D eigenvalue weighted by Crippen LogP contribution is 2.33. The largest absolute Gasteiger partial charge is 0.493 e. The maximum absolute atomic E-state index is 12.4. The van der Waals surface area contributed by atoms with Crippen LogP contribution >= 0.6 is 0 Å². The first-order chi connectivity index (χ1) is 12.5. The highest BCUT2D eigenvalue weighted by molar-refractivity contribution is 5.93. The minimum atomic E-state index is -0.755. The lowest BCUT2D eigenvalue weighted by Gasteiger charge is -2.10. The molecule has 0 heterocycles. The highest BCUT2D eigenvalue weighted by Gasteiger charge is 2.26. The number of benzene rings is 2. The molecule has 2 aromatic rings. The van der Waals surface area contributed by atoms with E-state index < -0.39 is 10.9 Å². The fraction of sp³-hybridized carbons (Fsp3) is 0.222. The van der Waals surface area contributed by atoms with Gasteiger partial charge in [-0.05, 0) is 37.1 Å². The molecule has 26 heavy (non-hydrogen) atoms. The fourth-order valence-electron chi connectivity index (χ4n) is 2.36. The van der Waals surface area contributed by atoms with Crippen LogP contribution in [0.2, 0.25) is 0 Å². The van der Waals surface area contributed by atoms with Gasteiger partial charge in [-0.2, -0.15) is 5.26 Å². The molecule has 8 nitrogen and oxygen atoms in total. The molecule has 0 saturated heterocycles. The van der Waals surface area contributed by atoms with E-state index in [0.29, 0.717) is 11.3 Å². The second-order valence-corrected chi connectivity index (χ2v) is 5.77. The van der Waals surface area contributed by atoms with Gasteiger partial charge in [-0.1, -0.05) is 0 Å². The summed E-state index contributed by atoms with van der Waals surface area (Å²) in [6.07, 6.45) is 1.94. The molecule has 0 unspecified atom stereocenters. The molecule has 2 aromatic carbocycles. The molecule has 0 radical (unpaired) electrons. The van der Waals surface area contributed by atoms with E-state index in [9.17, 15) is 14.9 Å². The molecule has 1 N–H and O–H groups in total. The Kier molecular flexibility index (Phi) is 4.71. The number of rotatable bonds is 6. The highest BCUT2D eigenvalue weighted by atomic mass is 16.6. The zero-order valence-electron chi connectivity index (χ0n) is 13.9.